The van der Waals surface area contributed by atoms with E-state index in [9.17, 15) is 9.59 Å². The number of carboxylic acids is 1. The van der Waals surface area contributed by atoms with Crippen molar-refractivity contribution < 1.29 is 14.7 Å². The van der Waals surface area contributed by atoms with E-state index in [0.29, 0.717) is 0 Å². The van der Waals surface area contributed by atoms with E-state index in [2.05, 4.69) is 4.99 Å². The molecule has 0 aliphatic carbocycles. The van der Waals surface area contributed by atoms with Gasteiger partial charge in [-0.3, -0.25) is 0 Å². The molecular weight excluding hydrogens is 166 g/mol. The highest BCUT2D eigenvalue weighted by Crippen LogP contribution is 2.25. The van der Waals surface area contributed by atoms with Crippen LogP contribution in [0.3, 0.4) is 0 Å². The Morgan fingerprint density at radius 2 is 2.45 bits per heavy atom. The average molecular weight is 169 g/mol. The molecule has 0 aliphatic rings. The van der Waals surface area contributed by atoms with Crippen LogP contribution in [0.15, 0.2) is 16.4 Å². The van der Waals surface area contributed by atoms with Crippen LogP contribution in [-0.4, -0.2) is 17.2 Å². The summed E-state index contributed by atoms with van der Waals surface area (Å²) in [5.74, 6) is -1.08. The van der Waals surface area contributed by atoms with Crippen molar-refractivity contribution in [2.75, 3.05) is 0 Å². The number of carbonyl (C=O) groups is 1. The Morgan fingerprint density at radius 1 is 1.73 bits per heavy atom. The lowest BCUT2D eigenvalue weighted by atomic mass is 10.3. The van der Waals surface area contributed by atoms with Crippen LogP contribution >= 0.6 is 11.3 Å². The monoisotopic (exact) mass is 169 g/mol. The maximum atomic E-state index is 10.4. The van der Waals surface area contributed by atoms with Gasteiger partial charge in [0.2, 0.25) is 6.08 Å². The van der Waals surface area contributed by atoms with E-state index in [1.165, 1.54) is 12.1 Å². The fourth-order valence-corrected chi connectivity index (χ4v) is 1.30. The molecule has 1 rings (SSSR count). The summed E-state index contributed by atoms with van der Waals surface area (Å²) in [7, 11) is 0. The topological polar surface area (TPSA) is 66.7 Å². The first-order chi connectivity index (χ1) is 5.25. The number of hydrogen-bond donors (Lipinski definition) is 1. The second-order valence-electron chi connectivity index (χ2n) is 1.65. The third-order valence-corrected chi connectivity index (χ3v) is 1.83. The molecule has 0 radical (unpaired) electrons. The molecule has 0 unspecified atom stereocenters. The van der Waals surface area contributed by atoms with Gasteiger partial charge in [0.15, 0.2) is 0 Å². The highest BCUT2D eigenvalue weighted by molar-refractivity contribution is 7.14. The van der Waals surface area contributed by atoms with Gasteiger partial charge >= 0.3 is 5.97 Å². The van der Waals surface area contributed by atoms with E-state index in [1.54, 1.807) is 5.38 Å². The standard InChI is InChI=1S/C6H3NO3S/c8-3-7-5-4(6(9)10)1-2-11-5/h1-2H,(H,9,10). The van der Waals surface area contributed by atoms with Crippen molar-refractivity contribution in [1.29, 1.82) is 0 Å². The van der Waals surface area contributed by atoms with Crippen LogP contribution in [0.2, 0.25) is 0 Å². The Hall–Kier alpha value is -1.45. The van der Waals surface area contributed by atoms with Crippen LogP contribution in [0.25, 0.3) is 0 Å². The molecule has 1 heterocycles. The van der Waals surface area contributed by atoms with E-state index >= 15 is 0 Å². The van der Waals surface area contributed by atoms with Crippen molar-refractivity contribution in [2.24, 2.45) is 4.99 Å². The highest BCUT2D eigenvalue weighted by atomic mass is 32.1. The Balaban J connectivity index is 3.15. The van der Waals surface area contributed by atoms with E-state index in [-0.39, 0.29) is 10.6 Å². The quantitative estimate of drug-likeness (QED) is 0.537. The maximum Gasteiger partial charge on any atom is 0.338 e. The van der Waals surface area contributed by atoms with E-state index in [4.69, 9.17) is 5.11 Å². The molecule has 11 heavy (non-hydrogen) atoms. The van der Waals surface area contributed by atoms with E-state index < -0.39 is 5.97 Å². The largest absolute Gasteiger partial charge is 0.478 e. The lowest BCUT2D eigenvalue weighted by molar-refractivity contribution is 0.0698. The minimum Gasteiger partial charge on any atom is -0.478 e. The zero-order valence-electron chi connectivity index (χ0n) is 5.27. The number of rotatable bonds is 2. The van der Waals surface area contributed by atoms with Crippen LogP contribution in [0.4, 0.5) is 5.00 Å². The van der Waals surface area contributed by atoms with E-state index in [1.807, 2.05) is 0 Å². The summed E-state index contributed by atoms with van der Waals surface area (Å²) in [5, 5.41) is 10.2. The van der Waals surface area contributed by atoms with Crippen molar-refractivity contribution in [2.45, 2.75) is 0 Å². The smallest absolute Gasteiger partial charge is 0.338 e. The molecule has 1 aromatic heterocycles. The number of isocyanates is 1. The van der Waals surface area contributed by atoms with Crippen molar-refractivity contribution >= 4 is 28.4 Å². The van der Waals surface area contributed by atoms with Crippen LogP contribution < -0.4 is 0 Å². The molecule has 0 saturated heterocycles. The number of hydrogen-bond acceptors (Lipinski definition) is 4. The van der Waals surface area contributed by atoms with Gasteiger partial charge in [-0.1, -0.05) is 0 Å². The second kappa shape index (κ2) is 3.09. The third kappa shape index (κ3) is 1.52. The first kappa shape index (κ1) is 7.65. The molecule has 0 fully saturated rings. The predicted octanol–water partition coefficient (Wildman–Crippen LogP) is 1.41. The molecule has 0 atom stereocenters. The fourth-order valence-electron chi connectivity index (χ4n) is 0.592. The van der Waals surface area contributed by atoms with Crippen molar-refractivity contribution in [3.05, 3.63) is 17.0 Å². The molecular formula is C6H3NO3S. The van der Waals surface area contributed by atoms with Crippen molar-refractivity contribution in [3.8, 4) is 0 Å². The number of nitrogens with zero attached hydrogens (tertiary/aromatic N) is 1. The number of carboxylic acid groups (broad SMARTS) is 1. The Bertz CT molecular complexity index is 308. The summed E-state index contributed by atoms with van der Waals surface area (Å²) in [6.45, 7) is 0. The van der Waals surface area contributed by atoms with Crippen LogP contribution in [0.5, 0.6) is 0 Å². The predicted molar refractivity (Wildman–Crippen MR) is 39.1 cm³/mol. The lowest BCUT2D eigenvalue weighted by Gasteiger charge is -1.86. The molecule has 0 amide bonds. The molecule has 0 saturated carbocycles. The third-order valence-electron chi connectivity index (χ3n) is 1.02. The van der Waals surface area contributed by atoms with Gasteiger partial charge in [-0.2, -0.15) is 4.99 Å². The summed E-state index contributed by atoms with van der Waals surface area (Å²) in [6, 6.07) is 1.39. The summed E-state index contributed by atoms with van der Waals surface area (Å²) in [6.07, 6.45) is 1.29. The zero-order valence-corrected chi connectivity index (χ0v) is 6.09. The van der Waals surface area contributed by atoms with Crippen molar-refractivity contribution in [3.63, 3.8) is 0 Å². The molecule has 0 bridgehead atoms. The van der Waals surface area contributed by atoms with Crippen LogP contribution in [0.1, 0.15) is 10.4 Å². The normalized spacial score (nSPS) is 8.73. The number of thiophene rings is 1. The van der Waals surface area contributed by atoms with Crippen LogP contribution in [-0.2, 0) is 4.79 Å². The molecule has 56 valence electrons. The summed E-state index contributed by atoms with van der Waals surface area (Å²) < 4.78 is 0. The fraction of sp³-hybridized carbons (Fsp3) is 0. The van der Waals surface area contributed by atoms with Crippen molar-refractivity contribution in [1.82, 2.24) is 0 Å². The van der Waals surface area contributed by atoms with Gasteiger partial charge < -0.3 is 5.11 Å². The summed E-state index contributed by atoms with van der Waals surface area (Å²) >= 11 is 1.09. The van der Waals surface area contributed by atoms with Gasteiger partial charge in [0.1, 0.15) is 5.00 Å². The Morgan fingerprint density at radius 3 is 3.00 bits per heavy atom. The second-order valence-corrected chi connectivity index (χ2v) is 2.54. The molecule has 0 aromatic carbocycles. The summed E-state index contributed by atoms with van der Waals surface area (Å²) in [4.78, 5) is 23.4. The van der Waals surface area contributed by atoms with Gasteiger partial charge in [0, 0.05) is 0 Å². The molecule has 5 heteroatoms. The minimum atomic E-state index is -1.08. The molecule has 0 aliphatic heterocycles. The molecule has 1 aromatic rings. The average Bonchev–Trinajstić information content (AvgIpc) is 2.36. The number of carbonyl (C=O) groups excluding carboxylic acids is 1. The van der Waals surface area contributed by atoms with Gasteiger partial charge in [-0.25, -0.2) is 9.59 Å². The highest BCUT2D eigenvalue weighted by Gasteiger charge is 2.09. The number of aliphatic imine (C=N–C) groups is 1. The number of aromatic carboxylic acids is 1. The Kier molecular flexibility index (Phi) is 2.15. The first-order valence-corrected chi connectivity index (χ1v) is 3.52. The van der Waals surface area contributed by atoms with Gasteiger partial charge in [0.05, 0.1) is 5.56 Å². The van der Waals surface area contributed by atoms with Gasteiger partial charge in [-0.05, 0) is 11.4 Å². The molecule has 4 nitrogen and oxygen atoms in total. The zero-order chi connectivity index (χ0) is 8.27. The van der Waals surface area contributed by atoms with E-state index in [0.717, 1.165) is 11.3 Å². The lowest BCUT2D eigenvalue weighted by Crippen LogP contribution is -1.92. The van der Waals surface area contributed by atoms with Gasteiger partial charge in [-0.15, -0.1) is 11.3 Å². The molecule has 1 N–H and O–H groups in total. The first-order valence-electron chi connectivity index (χ1n) is 2.64. The minimum absolute atomic E-state index is 0.0401. The van der Waals surface area contributed by atoms with Gasteiger partial charge in [0.25, 0.3) is 0 Å². The Labute approximate surface area is 65.8 Å². The maximum absolute atomic E-state index is 10.4. The SMILES string of the molecule is O=C=Nc1sccc1C(=O)O. The van der Waals surface area contributed by atoms with Crippen LogP contribution in [0, 0.1) is 0 Å². The summed E-state index contributed by atoms with van der Waals surface area (Å²) in [5.41, 5.74) is 0.0401. The molecule has 0 spiro atoms.